The van der Waals surface area contributed by atoms with E-state index in [1.807, 2.05) is 13.8 Å². The van der Waals surface area contributed by atoms with Crippen LogP contribution < -0.4 is 0 Å². The van der Waals surface area contributed by atoms with Crippen molar-refractivity contribution in [1.82, 2.24) is 4.98 Å². The van der Waals surface area contributed by atoms with Crippen LogP contribution in [0.4, 0.5) is 8.78 Å². The maximum absolute atomic E-state index is 13.7. The maximum Gasteiger partial charge on any atom is 0.306 e. The molecule has 2 heterocycles. The molecule has 1 N–H and O–H groups in total. The summed E-state index contributed by atoms with van der Waals surface area (Å²) in [6.07, 6.45) is 4.66. The van der Waals surface area contributed by atoms with Crippen LogP contribution in [0.1, 0.15) is 83.8 Å². The molecule has 0 saturated carbocycles. The normalized spacial score (nSPS) is 29.4. The van der Waals surface area contributed by atoms with Gasteiger partial charge in [0.25, 0.3) is 0 Å². The van der Waals surface area contributed by atoms with Crippen molar-refractivity contribution >= 4 is 29.2 Å². The topological polar surface area (TPSA) is 76.5 Å². The zero-order chi connectivity index (χ0) is 26.2. The summed E-state index contributed by atoms with van der Waals surface area (Å²) in [7, 11) is 0. The van der Waals surface area contributed by atoms with Crippen molar-refractivity contribution in [2.45, 2.75) is 92.0 Å². The van der Waals surface area contributed by atoms with Gasteiger partial charge in [0.2, 0.25) is 0 Å². The van der Waals surface area contributed by atoms with Gasteiger partial charge in [-0.3, -0.25) is 9.59 Å². The number of nitrogens with zero attached hydrogens (tertiary/aromatic N) is 1. The molecule has 1 aliphatic rings. The number of hydrogen-bond acceptors (Lipinski definition) is 6. The Hall–Kier alpha value is -1.93. The van der Waals surface area contributed by atoms with Crippen LogP contribution in [-0.4, -0.2) is 40.7 Å². The van der Waals surface area contributed by atoms with Gasteiger partial charge in [-0.1, -0.05) is 33.8 Å². The van der Waals surface area contributed by atoms with Crippen molar-refractivity contribution in [2.75, 3.05) is 6.67 Å². The lowest BCUT2D eigenvalue weighted by atomic mass is 9.74. The van der Waals surface area contributed by atoms with Gasteiger partial charge in [-0.25, -0.2) is 13.8 Å². The number of Topliss-reactive ketones (excluding diaryl/α,β-unsaturated/α-hetero) is 1. The molecule has 1 aliphatic heterocycles. The summed E-state index contributed by atoms with van der Waals surface area (Å²) in [4.78, 5) is 30.1. The fourth-order valence-electron chi connectivity index (χ4n) is 4.44. The zero-order valence-corrected chi connectivity index (χ0v) is 22.3. The fraction of sp³-hybridized carbons (Fsp3) is 0.667. The number of rotatable bonds is 4. The molecule has 1 aromatic rings. The van der Waals surface area contributed by atoms with Crippen LogP contribution in [0.2, 0.25) is 0 Å². The Labute approximate surface area is 211 Å². The Balaban J connectivity index is 2.31. The van der Waals surface area contributed by atoms with Crippen molar-refractivity contribution in [2.24, 2.45) is 17.3 Å². The second-order valence-electron chi connectivity index (χ2n) is 10.3. The number of allylic oxidation sites excluding steroid dienone is 1. The quantitative estimate of drug-likeness (QED) is 0.374. The van der Waals surface area contributed by atoms with E-state index < -0.39 is 42.9 Å². The molecular weight excluding hydrogens is 472 g/mol. The fourth-order valence-corrected chi connectivity index (χ4v) is 5.04. The Kier molecular flexibility index (Phi) is 11.2. The Bertz CT molecular complexity index is 924. The lowest BCUT2D eigenvalue weighted by Gasteiger charge is -2.31. The molecule has 4 atom stereocenters. The van der Waals surface area contributed by atoms with Crippen LogP contribution in [0.25, 0.3) is 6.08 Å². The number of ketones is 1. The Morgan fingerprint density at radius 3 is 2.60 bits per heavy atom. The SMILES string of the molecule is C/C(=C\c1csc(CF)n1)C1C/C=C(/CF)CCC[C@H](C)C(O)[C@@H](C)C(=O)C(C)(C)CCC(=O)O1. The summed E-state index contributed by atoms with van der Waals surface area (Å²) in [6, 6.07) is 0. The summed E-state index contributed by atoms with van der Waals surface area (Å²) in [6.45, 7) is 7.81. The highest BCUT2D eigenvalue weighted by molar-refractivity contribution is 7.09. The van der Waals surface area contributed by atoms with Crippen molar-refractivity contribution < 1.29 is 28.2 Å². The maximum atomic E-state index is 13.7. The molecule has 196 valence electrons. The first kappa shape index (κ1) is 29.3. The molecule has 1 aromatic heterocycles. The number of aliphatic hydroxyl groups is 1. The van der Waals surface area contributed by atoms with Gasteiger partial charge in [-0.2, -0.15) is 0 Å². The standard InChI is InChI=1S/C27H39F2NO4S/c1-17-7-6-8-20(14-28)9-10-22(18(2)13-21-16-35-23(15-29)30-21)34-24(31)11-12-27(4,5)26(33)19(3)25(17)32/h9,13,16-17,19,22,25,32H,6-8,10-12,14-15H2,1-5H3/b18-13+,20-9+/t17-,19+,22?,25?/m0/s1. The summed E-state index contributed by atoms with van der Waals surface area (Å²) in [5, 5.41) is 12.8. The van der Waals surface area contributed by atoms with Gasteiger partial charge >= 0.3 is 5.97 Å². The number of hydrogen-bond donors (Lipinski definition) is 1. The lowest BCUT2D eigenvalue weighted by Crippen LogP contribution is -2.39. The highest BCUT2D eigenvalue weighted by atomic mass is 32.1. The second-order valence-corrected chi connectivity index (χ2v) is 11.2. The van der Waals surface area contributed by atoms with Crippen LogP contribution in [0.3, 0.4) is 0 Å². The monoisotopic (exact) mass is 511 g/mol. The van der Waals surface area contributed by atoms with Gasteiger partial charge in [-0.15, -0.1) is 11.3 Å². The molecule has 2 unspecified atom stereocenters. The van der Waals surface area contributed by atoms with Crippen molar-refractivity contribution in [3.05, 3.63) is 33.3 Å². The third kappa shape index (κ3) is 8.60. The molecule has 0 amide bonds. The number of cyclic esters (lactones) is 1. The van der Waals surface area contributed by atoms with Gasteiger partial charge < -0.3 is 9.84 Å². The molecule has 5 nitrogen and oxygen atoms in total. The predicted octanol–water partition coefficient (Wildman–Crippen LogP) is 6.41. The molecule has 0 bridgehead atoms. The smallest absolute Gasteiger partial charge is 0.306 e. The number of carbonyl (C=O) groups excluding carboxylic acids is 2. The highest BCUT2D eigenvalue weighted by Gasteiger charge is 2.37. The van der Waals surface area contributed by atoms with E-state index in [1.54, 1.807) is 38.3 Å². The van der Waals surface area contributed by atoms with Crippen LogP contribution in [0.15, 0.2) is 22.6 Å². The molecule has 2 rings (SSSR count). The number of halogens is 2. The lowest BCUT2D eigenvalue weighted by molar-refractivity contribution is -0.148. The molecule has 35 heavy (non-hydrogen) atoms. The van der Waals surface area contributed by atoms with Crippen molar-refractivity contribution in [3.63, 3.8) is 0 Å². The first-order valence-electron chi connectivity index (χ1n) is 12.3. The molecular formula is C27H39F2NO4S. The largest absolute Gasteiger partial charge is 0.457 e. The average molecular weight is 512 g/mol. The van der Waals surface area contributed by atoms with Crippen molar-refractivity contribution in [1.29, 1.82) is 0 Å². The van der Waals surface area contributed by atoms with Crippen LogP contribution >= 0.6 is 11.3 Å². The molecule has 0 spiro atoms. The van der Waals surface area contributed by atoms with E-state index >= 15 is 0 Å². The van der Waals surface area contributed by atoms with Gasteiger partial charge in [-0.05, 0) is 55.7 Å². The molecule has 0 fully saturated rings. The van der Waals surface area contributed by atoms with E-state index in [0.29, 0.717) is 48.4 Å². The number of aromatic nitrogens is 1. The Morgan fingerprint density at radius 2 is 1.97 bits per heavy atom. The molecule has 0 radical (unpaired) electrons. The predicted molar refractivity (Wildman–Crippen MR) is 135 cm³/mol. The number of esters is 1. The summed E-state index contributed by atoms with van der Waals surface area (Å²) in [5.74, 6) is -1.20. The van der Waals surface area contributed by atoms with E-state index in [2.05, 4.69) is 4.98 Å². The minimum absolute atomic E-state index is 0.0449. The van der Waals surface area contributed by atoms with Crippen LogP contribution in [0.5, 0.6) is 0 Å². The zero-order valence-electron chi connectivity index (χ0n) is 21.5. The summed E-state index contributed by atoms with van der Waals surface area (Å²) < 4.78 is 32.4. The van der Waals surface area contributed by atoms with Crippen molar-refractivity contribution in [3.8, 4) is 0 Å². The summed E-state index contributed by atoms with van der Waals surface area (Å²) >= 11 is 1.22. The molecule has 0 aromatic carbocycles. The van der Waals surface area contributed by atoms with E-state index in [1.165, 1.54) is 11.3 Å². The van der Waals surface area contributed by atoms with E-state index in [4.69, 9.17) is 4.74 Å². The second kappa shape index (κ2) is 13.4. The number of alkyl halides is 2. The number of ether oxygens (including phenoxy) is 1. The minimum atomic E-state index is -0.791. The number of thiazole rings is 1. The van der Waals surface area contributed by atoms with Crippen LogP contribution in [0, 0.1) is 17.3 Å². The van der Waals surface area contributed by atoms with Crippen LogP contribution in [-0.2, 0) is 21.0 Å². The van der Waals surface area contributed by atoms with E-state index in [0.717, 1.165) is 5.57 Å². The highest BCUT2D eigenvalue weighted by Crippen LogP contribution is 2.32. The number of aliphatic hydroxyl groups excluding tert-OH is 1. The van der Waals surface area contributed by atoms with Gasteiger partial charge in [0.1, 0.15) is 30.2 Å². The van der Waals surface area contributed by atoms with E-state index in [9.17, 15) is 23.5 Å². The molecule has 0 saturated heterocycles. The minimum Gasteiger partial charge on any atom is -0.457 e. The third-order valence-electron chi connectivity index (χ3n) is 6.92. The molecule has 8 heteroatoms. The van der Waals surface area contributed by atoms with Gasteiger partial charge in [0.05, 0.1) is 11.8 Å². The third-order valence-corrected chi connectivity index (χ3v) is 7.75. The first-order chi connectivity index (χ1) is 16.5. The average Bonchev–Trinajstić information content (AvgIpc) is 3.29. The summed E-state index contributed by atoms with van der Waals surface area (Å²) in [5.41, 5.74) is 1.14. The Morgan fingerprint density at radius 1 is 1.26 bits per heavy atom. The van der Waals surface area contributed by atoms with E-state index in [-0.39, 0.29) is 18.1 Å². The van der Waals surface area contributed by atoms with Gasteiger partial charge in [0, 0.05) is 29.6 Å². The number of carbonyl (C=O) groups is 2. The molecule has 0 aliphatic carbocycles. The first-order valence-corrected chi connectivity index (χ1v) is 13.2. The van der Waals surface area contributed by atoms with Gasteiger partial charge in [0.15, 0.2) is 0 Å².